The summed E-state index contributed by atoms with van der Waals surface area (Å²) in [4.78, 5) is 83.1. The first-order valence-corrected chi connectivity index (χ1v) is 14.8. The minimum Gasteiger partial charge on any atom is -0.483 e. The van der Waals surface area contributed by atoms with E-state index in [0.717, 1.165) is 0 Å². The average Bonchev–Trinajstić information content (AvgIpc) is 3.04. The Morgan fingerprint density at radius 2 is 1.62 bits per heavy atom. The molecule has 15 heteroatoms. The van der Waals surface area contributed by atoms with Crippen molar-refractivity contribution >= 4 is 46.7 Å². The summed E-state index contributed by atoms with van der Waals surface area (Å²) in [6.07, 6.45) is -0.309. The van der Waals surface area contributed by atoms with Gasteiger partial charge in [-0.25, -0.2) is 9.78 Å². The topological polar surface area (TPSA) is 196 Å². The van der Waals surface area contributed by atoms with Gasteiger partial charge in [-0.3, -0.25) is 24.0 Å². The Morgan fingerprint density at radius 1 is 0.956 bits per heavy atom. The number of rotatable bonds is 11. The number of benzene rings is 1. The number of nitrogens with zero attached hydrogens (tertiary/aromatic N) is 4. The number of likely N-dealkylation sites (tertiary alicyclic amines) is 1. The van der Waals surface area contributed by atoms with Gasteiger partial charge in [-0.15, -0.1) is 0 Å². The first kappa shape index (κ1) is 33.0. The van der Waals surface area contributed by atoms with Gasteiger partial charge < -0.3 is 39.7 Å². The normalized spacial score (nSPS) is 16.2. The summed E-state index contributed by atoms with van der Waals surface area (Å²) in [6.45, 7) is 3.00. The van der Waals surface area contributed by atoms with E-state index in [1.807, 2.05) is 0 Å². The summed E-state index contributed by atoms with van der Waals surface area (Å²) in [5.74, 6) is -3.83. The van der Waals surface area contributed by atoms with Crippen LogP contribution in [0.2, 0.25) is 0 Å². The number of para-hydroxylation sites is 1. The van der Waals surface area contributed by atoms with E-state index in [9.17, 15) is 39.0 Å². The lowest BCUT2D eigenvalue weighted by atomic mass is 9.97. The molecular formula is C30H37N5O10. The number of carbonyl (C=O) groups excluding carboxylic acids is 4. The van der Waals surface area contributed by atoms with Crippen LogP contribution in [0.1, 0.15) is 43.1 Å². The van der Waals surface area contributed by atoms with Crippen LogP contribution >= 0.6 is 0 Å². The Kier molecular flexibility index (Phi) is 11.1. The summed E-state index contributed by atoms with van der Waals surface area (Å²) in [5, 5.41) is 21.6. The number of hydrogen-bond acceptors (Lipinski definition) is 9. The highest BCUT2D eigenvalue weighted by atomic mass is 16.6. The number of piperazine rings is 1. The summed E-state index contributed by atoms with van der Waals surface area (Å²) in [6, 6.07) is 7.03. The molecule has 1 aromatic carbocycles. The first-order valence-electron chi connectivity index (χ1n) is 14.8. The fraction of sp³-hybridized carbons (Fsp3) is 0.500. The van der Waals surface area contributed by atoms with E-state index >= 15 is 0 Å². The van der Waals surface area contributed by atoms with E-state index in [-0.39, 0.29) is 69.6 Å². The standard InChI is InChI=1S/C30H37N5O10/c1-2-44-30(43)35-15-13-34(14-16-35)28(40)22(7-8-26(37)38)32-27(39)23-17-24(20-5-3-4-6-21(20)31-23)45-18-25(36)33-11-9-19(10-12-33)29(41)42/h3-6,17,19,22H,2,7-16,18H2,1H3,(H,32,39)(H,37,38)(H,41,42)/t22-/m0/s1. The average molecular weight is 628 g/mol. The van der Waals surface area contributed by atoms with Gasteiger partial charge in [0.05, 0.1) is 18.0 Å². The minimum absolute atomic E-state index is 0.0984. The van der Waals surface area contributed by atoms with E-state index in [0.29, 0.717) is 36.8 Å². The minimum atomic E-state index is -1.17. The second-order valence-corrected chi connectivity index (χ2v) is 10.8. The summed E-state index contributed by atoms with van der Waals surface area (Å²) < 4.78 is 10.9. The number of nitrogens with one attached hydrogen (secondary N) is 1. The number of aromatic nitrogens is 1. The number of amides is 4. The predicted molar refractivity (Wildman–Crippen MR) is 157 cm³/mol. The second-order valence-electron chi connectivity index (χ2n) is 10.8. The number of carboxylic acids is 2. The Morgan fingerprint density at radius 3 is 2.27 bits per heavy atom. The Bertz CT molecular complexity index is 1430. The molecule has 242 valence electrons. The number of fused-ring (bicyclic) bond motifs is 1. The van der Waals surface area contributed by atoms with Gasteiger partial charge in [0.1, 0.15) is 17.5 Å². The molecule has 2 fully saturated rings. The van der Waals surface area contributed by atoms with Crippen molar-refractivity contribution in [2.75, 3.05) is 52.5 Å². The molecule has 2 aromatic rings. The van der Waals surface area contributed by atoms with Crippen molar-refractivity contribution in [2.24, 2.45) is 5.92 Å². The molecule has 2 aliphatic heterocycles. The molecule has 3 N–H and O–H groups in total. The molecule has 45 heavy (non-hydrogen) atoms. The molecule has 0 aliphatic carbocycles. The number of carbonyl (C=O) groups is 6. The van der Waals surface area contributed by atoms with E-state index in [1.54, 1.807) is 36.1 Å². The summed E-state index contributed by atoms with van der Waals surface area (Å²) in [7, 11) is 0. The zero-order chi connectivity index (χ0) is 32.5. The molecule has 0 unspecified atom stereocenters. The maximum atomic E-state index is 13.4. The van der Waals surface area contributed by atoms with Crippen molar-refractivity contribution in [1.82, 2.24) is 25.0 Å². The fourth-order valence-electron chi connectivity index (χ4n) is 5.29. The fourth-order valence-corrected chi connectivity index (χ4v) is 5.29. The van der Waals surface area contributed by atoms with Gasteiger partial charge in [-0.05, 0) is 38.3 Å². The first-order chi connectivity index (χ1) is 21.6. The molecule has 0 bridgehead atoms. The molecule has 1 aromatic heterocycles. The van der Waals surface area contributed by atoms with Gasteiger partial charge in [0.15, 0.2) is 6.61 Å². The maximum Gasteiger partial charge on any atom is 0.409 e. The largest absolute Gasteiger partial charge is 0.483 e. The molecule has 0 spiro atoms. The van der Waals surface area contributed by atoms with E-state index in [1.165, 1.54) is 15.9 Å². The number of hydrogen-bond donors (Lipinski definition) is 3. The highest BCUT2D eigenvalue weighted by Crippen LogP contribution is 2.26. The van der Waals surface area contributed by atoms with Crippen molar-refractivity contribution in [3.05, 3.63) is 36.0 Å². The SMILES string of the molecule is CCOC(=O)N1CCN(C(=O)[C@H](CCC(=O)O)NC(=O)c2cc(OCC(=O)N3CCC(C(=O)O)CC3)c3ccccc3n2)CC1. The van der Waals surface area contributed by atoms with Crippen LogP contribution < -0.4 is 10.1 Å². The Balaban J connectivity index is 1.46. The maximum absolute atomic E-state index is 13.4. The van der Waals surface area contributed by atoms with Crippen LogP contribution in [0.4, 0.5) is 4.79 Å². The molecule has 3 heterocycles. The van der Waals surface area contributed by atoms with E-state index < -0.39 is 41.8 Å². The van der Waals surface area contributed by atoms with Crippen LogP contribution in [0, 0.1) is 5.92 Å². The Labute approximate surface area is 259 Å². The molecule has 1 atom stereocenters. The second kappa shape index (κ2) is 15.2. The van der Waals surface area contributed by atoms with Crippen molar-refractivity contribution < 1.29 is 48.5 Å². The molecule has 2 aliphatic rings. The van der Waals surface area contributed by atoms with Gasteiger partial charge in [0.2, 0.25) is 5.91 Å². The molecule has 4 rings (SSSR count). The number of ether oxygens (including phenoxy) is 2. The molecule has 4 amide bonds. The van der Waals surface area contributed by atoms with Crippen LogP contribution in [-0.2, 0) is 23.9 Å². The van der Waals surface area contributed by atoms with Crippen LogP contribution in [0.25, 0.3) is 10.9 Å². The molecule has 15 nitrogen and oxygen atoms in total. The monoisotopic (exact) mass is 627 g/mol. The van der Waals surface area contributed by atoms with Gasteiger partial charge >= 0.3 is 18.0 Å². The van der Waals surface area contributed by atoms with Crippen molar-refractivity contribution in [1.29, 1.82) is 0 Å². The third-order valence-corrected chi connectivity index (χ3v) is 7.83. The van der Waals surface area contributed by atoms with Crippen molar-refractivity contribution in [3.63, 3.8) is 0 Å². The van der Waals surface area contributed by atoms with Crippen LogP contribution in [0.3, 0.4) is 0 Å². The van der Waals surface area contributed by atoms with Gasteiger partial charge in [0.25, 0.3) is 11.8 Å². The molecular weight excluding hydrogens is 590 g/mol. The predicted octanol–water partition coefficient (Wildman–Crippen LogP) is 1.20. The zero-order valence-electron chi connectivity index (χ0n) is 25.0. The lowest BCUT2D eigenvalue weighted by Gasteiger charge is -2.35. The van der Waals surface area contributed by atoms with Gasteiger partial charge in [-0.1, -0.05) is 12.1 Å². The third kappa shape index (κ3) is 8.58. The summed E-state index contributed by atoms with van der Waals surface area (Å²) >= 11 is 0. The number of carboxylic acid groups (broad SMARTS) is 2. The third-order valence-electron chi connectivity index (χ3n) is 7.83. The highest BCUT2D eigenvalue weighted by Gasteiger charge is 2.32. The van der Waals surface area contributed by atoms with Crippen LogP contribution in [0.5, 0.6) is 5.75 Å². The van der Waals surface area contributed by atoms with E-state index in [4.69, 9.17) is 9.47 Å². The summed E-state index contributed by atoms with van der Waals surface area (Å²) in [5.41, 5.74) is 0.303. The highest BCUT2D eigenvalue weighted by molar-refractivity contribution is 5.99. The smallest absolute Gasteiger partial charge is 0.409 e. The number of aliphatic carboxylic acids is 2. The number of pyridine rings is 1. The quantitative estimate of drug-likeness (QED) is 0.324. The lowest BCUT2D eigenvalue weighted by molar-refractivity contribution is -0.146. The zero-order valence-corrected chi connectivity index (χ0v) is 25.0. The molecule has 0 saturated carbocycles. The molecule has 0 radical (unpaired) electrons. The van der Waals surface area contributed by atoms with Crippen LogP contribution in [0.15, 0.2) is 30.3 Å². The van der Waals surface area contributed by atoms with Crippen LogP contribution in [-0.4, -0.2) is 124 Å². The van der Waals surface area contributed by atoms with Crippen molar-refractivity contribution in [2.45, 2.75) is 38.6 Å². The number of piperidine rings is 1. The lowest BCUT2D eigenvalue weighted by Crippen LogP contribution is -2.56. The van der Waals surface area contributed by atoms with E-state index in [2.05, 4.69) is 10.3 Å². The van der Waals surface area contributed by atoms with Gasteiger partial charge in [0, 0.05) is 57.1 Å². The van der Waals surface area contributed by atoms with Crippen molar-refractivity contribution in [3.8, 4) is 5.75 Å². The Hall–Kier alpha value is -4.95. The van der Waals surface area contributed by atoms with Gasteiger partial charge in [-0.2, -0.15) is 0 Å². The molecule has 2 saturated heterocycles.